The molecule has 2 heterocycles. The Morgan fingerprint density at radius 1 is 1.40 bits per heavy atom. The molecule has 0 saturated carbocycles. The van der Waals surface area contributed by atoms with Gasteiger partial charge < -0.3 is 15.2 Å². The summed E-state index contributed by atoms with van der Waals surface area (Å²) in [6, 6.07) is 0.0597. The molecule has 1 saturated heterocycles. The highest BCUT2D eigenvalue weighted by atomic mass is 16.2. The predicted molar refractivity (Wildman–Crippen MR) is 76.2 cm³/mol. The van der Waals surface area contributed by atoms with Gasteiger partial charge >= 0.3 is 6.03 Å². The molecular weight excluding hydrogens is 256 g/mol. The van der Waals surface area contributed by atoms with E-state index in [2.05, 4.69) is 32.7 Å². The van der Waals surface area contributed by atoms with E-state index in [4.69, 9.17) is 0 Å². The van der Waals surface area contributed by atoms with Crippen LogP contribution in [-0.2, 0) is 7.05 Å². The number of carbonyl (C=O) groups is 1. The van der Waals surface area contributed by atoms with Gasteiger partial charge in [-0.15, -0.1) is 10.2 Å². The van der Waals surface area contributed by atoms with Crippen LogP contribution in [0.25, 0.3) is 0 Å². The highest BCUT2D eigenvalue weighted by molar-refractivity contribution is 5.74. The lowest BCUT2D eigenvalue weighted by Crippen LogP contribution is -2.45. The summed E-state index contributed by atoms with van der Waals surface area (Å²) in [7, 11) is 1.86. The van der Waals surface area contributed by atoms with Gasteiger partial charge in [-0.2, -0.15) is 0 Å². The zero-order valence-electron chi connectivity index (χ0n) is 12.5. The first-order valence-electron chi connectivity index (χ1n) is 7.20. The molecule has 0 unspecified atom stereocenters. The van der Waals surface area contributed by atoms with Gasteiger partial charge in [-0.25, -0.2) is 4.79 Å². The molecule has 1 fully saturated rings. The van der Waals surface area contributed by atoms with Crippen LogP contribution in [0.4, 0.5) is 4.79 Å². The van der Waals surface area contributed by atoms with Crippen molar-refractivity contribution in [3.8, 4) is 0 Å². The highest BCUT2D eigenvalue weighted by Crippen LogP contribution is 2.11. The zero-order valence-corrected chi connectivity index (χ0v) is 12.5. The normalized spacial score (nSPS) is 18.8. The molecule has 2 rings (SSSR count). The molecule has 0 aromatic carbocycles. The van der Waals surface area contributed by atoms with Crippen LogP contribution in [0.1, 0.15) is 38.6 Å². The Kier molecular flexibility index (Phi) is 4.94. The van der Waals surface area contributed by atoms with Crippen molar-refractivity contribution in [1.29, 1.82) is 0 Å². The number of rotatable bonds is 5. The lowest BCUT2D eigenvalue weighted by molar-refractivity contribution is 0.223. The summed E-state index contributed by atoms with van der Waals surface area (Å²) >= 11 is 0. The third kappa shape index (κ3) is 3.69. The SMILES string of the molecule is C[C@H](NC(=O)NC[C@H](C)N1CCCC1)c1nncn1C. The number of aryl methyl sites for hydroxylation is 1. The molecule has 1 aliphatic heterocycles. The largest absolute Gasteiger partial charge is 0.337 e. The van der Waals surface area contributed by atoms with Crippen molar-refractivity contribution in [1.82, 2.24) is 30.3 Å². The topological polar surface area (TPSA) is 75.1 Å². The molecule has 112 valence electrons. The third-order valence-corrected chi connectivity index (χ3v) is 3.80. The number of carbonyl (C=O) groups excluding carboxylic acids is 1. The van der Waals surface area contributed by atoms with Gasteiger partial charge in [-0.05, 0) is 39.8 Å². The number of urea groups is 1. The number of nitrogens with one attached hydrogen (secondary N) is 2. The van der Waals surface area contributed by atoms with E-state index in [1.165, 1.54) is 12.8 Å². The number of hydrogen-bond donors (Lipinski definition) is 2. The van der Waals surface area contributed by atoms with E-state index in [-0.39, 0.29) is 12.1 Å². The van der Waals surface area contributed by atoms with Gasteiger partial charge in [0.1, 0.15) is 6.33 Å². The van der Waals surface area contributed by atoms with Crippen LogP contribution in [0.2, 0.25) is 0 Å². The van der Waals surface area contributed by atoms with E-state index in [0.717, 1.165) is 18.9 Å². The van der Waals surface area contributed by atoms with Crippen LogP contribution in [-0.4, -0.2) is 51.4 Å². The van der Waals surface area contributed by atoms with E-state index in [1.807, 2.05) is 14.0 Å². The maximum atomic E-state index is 11.9. The fourth-order valence-electron chi connectivity index (χ4n) is 2.55. The van der Waals surface area contributed by atoms with Crippen LogP contribution in [0, 0.1) is 0 Å². The van der Waals surface area contributed by atoms with E-state index in [0.29, 0.717) is 12.6 Å². The predicted octanol–water partition coefficient (Wildman–Crippen LogP) is 0.660. The quantitative estimate of drug-likeness (QED) is 0.831. The molecular formula is C13H24N6O. The molecule has 0 radical (unpaired) electrons. The average Bonchev–Trinajstić information content (AvgIpc) is 3.06. The fraction of sp³-hybridized carbons (Fsp3) is 0.769. The molecule has 2 amide bonds. The number of aromatic nitrogens is 3. The van der Waals surface area contributed by atoms with E-state index >= 15 is 0 Å². The van der Waals surface area contributed by atoms with Crippen LogP contribution < -0.4 is 10.6 Å². The van der Waals surface area contributed by atoms with Crippen molar-refractivity contribution in [2.24, 2.45) is 7.05 Å². The lowest BCUT2D eigenvalue weighted by Gasteiger charge is -2.24. The second-order valence-corrected chi connectivity index (χ2v) is 5.47. The Bertz CT molecular complexity index is 440. The first kappa shape index (κ1) is 14.8. The second kappa shape index (κ2) is 6.69. The summed E-state index contributed by atoms with van der Waals surface area (Å²) in [4.78, 5) is 14.3. The minimum absolute atomic E-state index is 0.161. The average molecular weight is 280 g/mol. The van der Waals surface area contributed by atoms with Crippen molar-refractivity contribution < 1.29 is 4.79 Å². The Balaban J connectivity index is 1.73. The molecule has 2 atom stereocenters. The fourth-order valence-corrected chi connectivity index (χ4v) is 2.55. The van der Waals surface area contributed by atoms with Crippen molar-refractivity contribution >= 4 is 6.03 Å². The minimum atomic E-state index is -0.162. The molecule has 0 bridgehead atoms. The van der Waals surface area contributed by atoms with E-state index in [1.54, 1.807) is 10.9 Å². The summed E-state index contributed by atoms with van der Waals surface area (Å²) in [6.07, 6.45) is 4.15. The van der Waals surface area contributed by atoms with Gasteiger partial charge in [0.05, 0.1) is 6.04 Å². The smallest absolute Gasteiger partial charge is 0.315 e. The Labute approximate surface area is 119 Å². The standard InChI is InChI=1S/C13H24N6O/c1-10(19-6-4-5-7-19)8-14-13(20)16-11(2)12-17-15-9-18(12)3/h9-11H,4-8H2,1-3H3,(H2,14,16,20)/t10-,11-/m0/s1. The molecule has 1 aromatic heterocycles. The van der Waals surface area contributed by atoms with E-state index in [9.17, 15) is 4.79 Å². The first-order chi connectivity index (χ1) is 9.58. The Morgan fingerprint density at radius 2 is 2.10 bits per heavy atom. The molecule has 0 spiro atoms. The second-order valence-electron chi connectivity index (χ2n) is 5.47. The van der Waals surface area contributed by atoms with Crippen LogP contribution in [0.3, 0.4) is 0 Å². The summed E-state index contributed by atoms with van der Waals surface area (Å²) < 4.78 is 1.80. The highest BCUT2D eigenvalue weighted by Gasteiger charge is 2.19. The van der Waals surface area contributed by atoms with Gasteiger partial charge in [0.15, 0.2) is 5.82 Å². The van der Waals surface area contributed by atoms with Crippen molar-refractivity contribution in [2.45, 2.75) is 38.8 Å². The van der Waals surface area contributed by atoms with Crippen LogP contribution in [0.5, 0.6) is 0 Å². The van der Waals surface area contributed by atoms with Crippen LogP contribution >= 0.6 is 0 Å². The maximum Gasteiger partial charge on any atom is 0.315 e. The van der Waals surface area contributed by atoms with Gasteiger partial charge in [0, 0.05) is 19.6 Å². The van der Waals surface area contributed by atoms with E-state index < -0.39 is 0 Å². The molecule has 7 nitrogen and oxygen atoms in total. The van der Waals surface area contributed by atoms with Crippen molar-refractivity contribution in [2.75, 3.05) is 19.6 Å². The van der Waals surface area contributed by atoms with Gasteiger partial charge in [0.25, 0.3) is 0 Å². The third-order valence-electron chi connectivity index (χ3n) is 3.80. The molecule has 20 heavy (non-hydrogen) atoms. The Morgan fingerprint density at radius 3 is 2.70 bits per heavy atom. The number of nitrogens with zero attached hydrogens (tertiary/aromatic N) is 4. The Hall–Kier alpha value is -1.63. The van der Waals surface area contributed by atoms with Crippen molar-refractivity contribution in [3.63, 3.8) is 0 Å². The van der Waals surface area contributed by atoms with Crippen LogP contribution in [0.15, 0.2) is 6.33 Å². The van der Waals surface area contributed by atoms with Gasteiger partial charge in [0.2, 0.25) is 0 Å². The monoisotopic (exact) mass is 280 g/mol. The summed E-state index contributed by atoms with van der Waals surface area (Å²) in [6.45, 7) is 6.99. The van der Waals surface area contributed by atoms with Gasteiger partial charge in [-0.3, -0.25) is 4.90 Å². The minimum Gasteiger partial charge on any atom is -0.337 e. The summed E-state index contributed by atoms with van der Waals surface area (Å²) in [5.41, 5.74) is 0. The number of amides is 2. The molecule has 0 aliphatic carbocycles. The first-order valence-corrected chi connectivity index (χ1v) is 7.20. The molecule has 1 aromatic rings. The number of likely N-dealkylation sites (tertiary alicyclic amines) is 1. The molecule has 7 heteroatoms. The molecule has 1 aliphatic rings. The van der Waals surface area contributed by atoms with Gasteiger partial charge in [-0.1, -0.05) is 0 Å². The molecule has 2 N–H and O–H groups in total. The summed E-state index contributed by atoms with van der Waals surface area (Å²) in [5, 5.41) is 13.6. The van der Waals surface area contributed by atoms with Crippen molar-refractivity contribution in [3.05, 3.63) is 12.2 Å². The lowest BCUT2D eigenvalue weighted by atomic mass is 10.3. The maximum absolute atomic E-state index is 11.9. The zero-order chi connectivity index (χ0) is 14.5. The number of hydrogen-bond acceptors (Lipinski definition) is 4. The summed E-state index contributed by atoms with van der Waals surface area (Å²) in [5.74, 6) is 0.743.